The van der Waals surface area contributed by atoms with Gasteiger partial charge in [0, 0.05) is 18.1 Å². The smallest absolute Gasteiger partial charge is 0.237 e. The van der Waals surface area contributed by atoms with Gasteiger partial charge >= 0.3 is 0 Å². The number of aliphatic hydroxyl groups is 2. The van der Waals surface area contributed by atoms with E-state index < -0.39 is 17.6 Å². The number of carbonyl (C=O) groups excluding carboxylic acids is 1. The van der Waals surface area contributed by atoms with Gasteiger partial charge in [-0.15, -0.1) is 0 Å². The third kappa shape index (κ3) is 6.16. The number of nitrogens with zero attached hydrogens (tertiary/aromatic N) is 1. The molecule has 29 heavy (non-hydrogen) atoms. The number of aliphatic hydroxyl groups excluding tert-OH is 2. The van der Waals surface area contributed by atoms with Crippen LogP contribution in [0.2, 0.25) is 5.02 Å². The van der Waals surface area contributed by atoms with Crippen molar-refractivity contribution >= 4 is 17.5 Å². The predicted octanol–water partition coefficient (Wildman–Crippen LogP) is 2.38. The lowest BCUT2D eigenvalue weighted by atomic mass is 9.61. The Kier molecular flexibility index (Phi) is 8.07. The summed E-state index contributed by atoms with van der Waals surface area (Å²) >= 11 is 6.06. The Hall–Kier alpha value is -1.65. The number of rotatable bonds is 7. The number of halogens is 1. The summed E-state index contributed by atoms with van der Waals surface area (Å²) < 4.78 is 0. The minimum Gasteiger partial charge on any atom is -0.394 e. The summed E-state index contributed by atoms with van der Waals surface area (Å²) in [6.07, 6.45) is 0.633. The van der Waals surface area contributed by atoms with Crippen LogP contribution in [-0.4, -0.2) is 48.0 Å². The molecule has 1 aromatic rings. The van der Waals surface area contributed by atoms with E-state index in [1.54, 1.807) is 12.1 Å². The molecule has 0 spiro atoms. The Labute approximate surface area is 178 Å². The Morgan fingerprint density at radius 3 is 2.62 bits per heavy atom. The third-order valence-electron chi connectivity index (χ3n) is 5.56. The highest BCUT2D eigenvalue weighted by molar-refractivity contribution is 6.30. The van der Waals surface area contributed by atoms with E-state index in [1.165, 1.54) is 0 Å². The summed E-state index contributed by atoms with van der Waals surface area (Å²) in [5, 5.41) is 35.4. The Bertz CT molecular complexity index is 726. The fraction of sp³-hybridized carbons (Fsp3) is 0.636. The van der Waals surface area contributed by atoms with E-state index in [2.05, 4.69) is 37.5 Å². The lowest BCUT2D eigenvalue weighted by molar-refractivity contribution is -0.124. The molecule has 1 fully saturated rings. The zero-order chi connectivity index (χ0) is 21.7. The van der Waals surface area contributed by atoms with Crippen molar-refractivity contribution in [3.8, 4) is 6.07 Å². The second kappa shape index (κ2) is 9.90. The lowest BCUT2D eigenvalue weighted by Crippen LogP contribution is -2.58. The summed E-state index contributed by atoms with van der Waals surface area (Å²) in [4.78, 5) is 12.7. The van der Waals surface area contributed by atoms with E-state index in [0.29, 0.717) is 18.0 Å². The summed E-state index contributed by atoms with van der Waals surface area (Å²) in [7, 11) is 0. The standard InChI is InChI=1S/C22H32ClN3O3/c1-21(2,3)10-16-12-26-19(20(29)25-9-8-18(28)13-27)11-22(16,14-24)15-4-6-17(23)7-5-15/h4-7,16,18-19,26-28H,8-13H2,1-3H3,(H,25,29)/t16?,18-,19?,22?/m0/s1. The fourth-order valence-corrected chi connectivity index (χ4v) is 4.20. The maximum atomic E-state index is 12.7. The third-order valence-corrected chi connectivity index (χ3v) is 5.81. The van der Waals surface area contributed by atoms with E-state index in [-0.39, 0.29) is 36.8 Å². The van der Waals surface area contributed by atoms with Crippen molar-refractivity contribution in [3.63, 3.8) is 0 Å². The van der Waals surface area contributed by atoms with E-state index in [4.69, 9.17) is 16.7 Å². The number of nitriles is 1. The van der Waals surface area contributed by atoms with Crippen LogP contribution < -0.4 is 10.6 Å². The molecule has 2 rings (SSSR count). The van der Waals surface area contributed by atoms with Gasteiger partial charge < -0.3 is 20.8 Å². The highest BCUT2D eigenvalue weighted by atomic mass is 35.5. The summed E-state index contributed by atoms with van der Waals surface area (Å²) in [5.41, 5.74) is 0.125. The Morgan fingerprint density at radius 2 is 2.07 bits per heavy atom. The first kappa shape index (κ1) is 23.6. The van der Waals surface area contributed by atoms with Gasteiger partial charge in [0.05, 0.1) is 30.2 Å². The fourth-order valence-electron chi connectivity index (χ4n) is 4.07. The molecule has 4 atom stereocenters. The minimum atomic E-state index is -0.849. The molecule has 1 heterocycles. The highest BCUT2D eigenvalue weighted by Gasteiger charge is 2.48. The molecule has 1 aliphatic heterocycles. The molecule has 0 saturated carbocycles. The molecule has 1 aliphatic rings. The Morgan fingerprint density at radius 1 is 1.41 bits per heavy atom. The molecular weight excluding hydrogens is 390 g/mol. The van der Waals surface area contributed by atoms with Gasteiger partial charge in [-0.25, -0.2) is 0 Å². The van der Waals surface area contributed by atoms with Crippen LogP contribution in [0.25, 0.3) is 0 Å². The van der Waals surface area contributed by atoms with Gasteiger partial charge in [-0.05, 0) is 48.3 Å². The number of nitrogens with one attached hydrogen (secondary N) is 2. The number of amides is 1. The van der Waals surface area contributed by atoms with E-state index in [9.17, 15) is 15.2 Å². The molecular formula is C22H32ClN3O3. The van der Waals surface area contributed by atoms with Crippen LogP contribution in [0.5, 0.6) is 0 Å². The first-order valence-electron chi connectivity index (χ1n) is 10.1. The van der Waals surface area contributed by atoms with Crippen LogP contribution in [0.1, 0.15) is 45.6 Å². The van der Waals surface area contributed by atoms with Crippen LogP contribution in [-0.2, 0) is 10.2 Å². The van der Waals surface area contributed by atoms with Crippen LogP contribution in [0.4, 0.5) is 0 Å². The zero-order valence-electron chi connectivity index (χ0n) is 17.4. The van der Waals surface area contributed by atoms with Crippen LogP contribution >= 0.6 is 11.6 Å². The molecule has 3 unspecified atom stereocenters. The minimum absolute atomic E-state index is 0.0381. The summed E-state index contributed by atoms with van der Waals surface area (Å²) in [6, 6.07) is 9.41. The SMILES string of the molecule is CC(C)(C)CC1CNC(C(=O)NCC[C@H](O)CO)CC1(C#N)c1ccc(Cl)cc1. The van der Waals surface area contributed by atoms with E-state index in [1.807, 2.05) is 12.1 Å². The maximum Gasteiger partial charge on any atom is 0.237 e. The monoisotopic (exact) mass is 421 g/mol. The molecule has 1 amide bonds. The van der Waals surface area contributed by atoms with Crippen LogP contribution in [0, 0.1) is 22.7 Å². The average Bonchev–Trinajstić information content (AvgIpc) is 2.67. The maximum absolute atomic E-state index is 12.7. The number of hydrogen-bond acceptors (Lipinski definition) is 5. The second-order valence-corrected chi connectivity index (χ2v) is 9.57. The molecule has 7 heteroatoms. The van der Waals surface area contributed by atoms with Crippen LogP contribution in [0.15, 0.2) is 24.3 Å². The molecule has 0 aromatic heterocycles. The van der Waals surface area contributed by atoms with Gasteiger partial charge in [-0.2, -0.15) is 5.26 Å². The predicted molar refractivity (Wildman–Crippen MR) is 113 cm³/mol. The molecule has 0 aliphatic carbocycles. The summed E-state index contributed by atoms with van der Waals surface area (Å²) in [6.45, 7) is 6.96. The molecule has 4 N–H and O–H groups in total. The van der Waals surface area contributed by atoms with Gasteiger partial charge in [0.15, 0.2) is 0 Å². The largest absolute Gasteiger partial charge is 0.394 e. The van der Waals surface area contributed by atoms with Crippen molar-refractivity contribution in [2.75, 3.05) is 19.7 Å². The van der Waals surface area contributed by atoms with E-state index >= 15 is 0 Å². The molecule has 1 aromatic carbocycles. The highest BCUT2D eigenvalue weighted by Crippen LogP contribution is 2.44. The van der Waals surface area contributed by atoms with Crippen molar-refractivity contribution in [2.24, 2.45) is 11.3 Å². The molecule has 160 valence electrons. The quantitative estimate of drug-likeness (QED) is 0.541. The first-order valence-corrected chi connectivity index (χ1v) is 10.5. The van der Waals surface area contributed by atoms with Crippen molar-refractivity contribution in [2.45, 2.75) is 57.6 Å². The average molecular weight is 422 g/mol. The topological polar surface area (TPSA) is 105 Å². The van der Waals surface area contributed by atoms with Gasteiger partial charge in [-0.3, -0.25) is 4.79 Å². The Balaban J connectivity index is 2.24. The van der Waals surface area contributed by atoms with Crippen LogP contribution in [0.3, 0.4) is 0 Å². The normalized spacial score (nSPS) is 25.8. The summed E-state index contributed by atoms with van der Waals surface area (Å²) in [5.74, 6) is -0.146. The van der Waals surface area contributed by atoms with Gasteiger partial charge in [0.2, 0.25) is 5.91 Å². The zero-order valence-corrected chi connectivity index (χ0v) is 18.2. The molecule has 0 bridgehead atoms. The number of benzene rings is 1. The van der Waals surface area contributed by atoms with Crippen molar-refractivity contribution in [1.29, 1.82) is 5.26 Å². The molecule has 0 radical (unpaired) electrons. The number of carbonyl (C=O) groups is 1. The first-order chi connectivity index (χ1) is 13.6. The van der Waals surface area contributed by atoms with Crippen molar-refractivity contribution in [3.05, 3.63) is 34.9 Å². The second-order valence-electron chi connectivity index (χ2n) is 9.13. The van der Waals surface area contributed by atoms with Gasteiger partial charge in [0.1, 0.15) is 0 Å². The van der Waals surface area contributed by atoms with Crippen molar-refractivity contribution in [1.82, 2.24) is 10.6 Å². The number of hydrogen-bond donors (Lipinski definition) is 4. The van der Waals surface area contributed by atoms with E-state index in [0.717, 1.165) is 12.0 Å². The van der Waals surface area contributed by atoms with Gasteiger partial charge in [0.25, 0.3) is 0 Å². The lowest BCUT2D eigenvalue weighted by Gasteiger charge is -2.45. The number of piperidine rings is 1. The van der Waals surface area contributed by atoms with Crippen molar-refractivity contribution < 1.29 is 15.0 Å². The molecule has 6 nitrogen and oxygen atoms in total. The molecule has 1 saturated heterocycles. The van der Waals surface area contributed by atoms with Gasteiger partial charge in [-0.1, -0.05) is 44.5 Å².